The number of rotatable bonds is 11. The van der Waals surface area contributed by atoms with E-state index in [0.717, 1.165) is 66.4 Å². The van der Waals surface area contributed by atoms with Gasteiger partial charge in [-0.3, -0.25) is 9.13 Å². The molecule has 0 heterocycles. The molecule has 0 saturated heterocycles. The SMILES string of the molecule is CCOc1ccc2cc(/C=C/c3ccc(P(=O)(O)O)cc3)ccc2c1-c1c(OCC)ccc2cc(/C=C/c3ccc(P(=O)(O)O)cc3)ccc12. The second-order valence-electron chi connectivity index (χ2n) is 11.6. The van der Waals surface area contributed by atoms with Crippen LogP contribution in [-0.2, 0) is 9.13 Å². The van der Waals surface area contributed by atoms with E-state index in [1.807, 2.05) is 74.5 Å². The first-order chi connectivity index (χ1) is 23.9. The minimum absolute atomic E-state index is 0.0148. The summed E-state index contributed by atoms with van der Waals surface area (Å²) in [6, 6.07) is 32.9. The van der Waals surface area contributed by atoms with Gasteiger partial charge in [-0.1, -0.05) is 85.0 Å². The maximum atomic E-state index is 11.5. The summed E-state index contributed by atoms with van der Waals surface area (Å²) in [5.41, 5.74) is 5.41. The second kappa shape index (κ2) is 14.6. The van der Waals surface area contributed by atoms with E-state index in [-0.39, 0.29) is 10.6 Å². The van der Waals surface area contributed by atoms with E-state index >= 15 is 0 Å². The van der Waals surface area contributed by atoms with Gasteiger partial charge in [0.1, 0.15) is 11.5 Å². The summed E-state index contributed by atoms with van der Waals surface area (Å²) in [5.74, 6) is 1.48. The Morgan fingerprint density at radius 2 is 0.820 bits per heavy atom. The van der Waals surface area contributed by atoms with E-state index in [4.69, 9.17) is 9.47 Å². The number of hydrogen-bond donors (Lipinski definition) is 4. The molecule has 0 spiro atoms. The van der Waals surface area contributed by atoms with Crippen LogP contribution in [0.15, 0.2) is 109 Å². The molecule has 0 fully saturated rings. The van der Waals surface area contributed by atoms with Gasteiger partial charge in [-0.05, 0) is 106 Å². The van der Waals surface area contributed by atoms with Crippen LogP contribution < -0.4 is 20.1 Å². The van der Waals surface area contributed by atoms with E-state index < -0.39 is 15.2 Å². The van der Waals surface area contributed by atoms with Gasteiger partial charge >= 0.3 is 15.2 Å². The van der Waals surface area contributed by atoms with E-state index in [1.165, 1.54) is 24.3 Å². The Balaban J connectivity index is 1.40. The van der Waals surface area contributed by atoms with Crippen LogP contribution in [0.2, 0.25) is 0 Å². The fourth-order valence-corrected chi connectivity index (χ4v) is 6.95. The van der Waals surface area contributed by atoms with Gasteiger partial charge in [-0.15, -0.1) is 0 Å². The van der Waals surface area contributed by atoms with E-state index in [1.54, 1.807) is 24.3 Å². The van der Waals surface area contributed by atoms with Gasteiger partial charge in [0.25, 0.3) is 0 Å². The summed E-state index contributed by atoms with van der Waals surface area (Å²) in [5, 5.41) is 3.97. The molecule has 0 atom stereocenters. The highest BCUT2D eigenvalue weighted by molar-refractivity contribution is 7.60. The van der Waals surface area contributed by atoms with Crippen LogP contribution in [0.1, 0.15) is 36.1 Å². The molecule has 0 saturated carbocycles. The van der Waals surface area contributed by atoms with Gasteiger partial charge in [0.2, 0.25) is 0 Å². The van der Waals surface area contributed by atoms with Crippen molar-refractivity contribution in [1.29, 1.82) is 0 Å². The molecule has 0 aromatic heterocycles. The van der Waals surface area contributed by atoms with Crippen LogP contribution >= 0.6 is 15.2 Å². The minimum atomic E-state index is -4.30. The zero-order valence-corrected chi connectivity index (χ0v) is 29.2. The van der Waals surface area contributed by atoms with Gasteiger partial charge in [0, 0.05) is 11.1 Å². The summed E-state index contributed by atoms with van der Waals surface area (Å²) >= 11 is 0. The maximum absolute atomic E-state index is 11.5. The molecule has 6 aromatic rings. The lowest BCUT2D eigenvalue weighted by molar-refractivity contribution is 0.337. The van der Waals surface area contributed by atoms with Crippen molar-refractivity contribution in [1.82, 2.24) is 0 Å². The number of fused-ring (bicyclic) bond motifs is 2. The van der Waals surface area contributed by atoms with Crippen molar-refractivity contribution in [2.75, 3.05) is 13.2 Å². The van der Waals surface area contributed by atoms with Crippen molar-refractivity contribution < 1.29 is 38.2 Å². The van der Waals surface area contributed by atoms with Crippen LogP contribution in [0, 0.1) is 0 Å². The van der Waals surface area contributed by atoms with Crippen molar-refractivity contribution in [2.45, 2.75) is 13.8 Å². The summed E-state index contributed by atoms with van der Waals surface area (Å²) in [4.78, 5) is 37.6. The van der Waals surface area contributed by atoms with E-state index in [2.05, 4.69) is 24.3 Å². The third-order valence-corrected chi connectivity index (χ3v) is 10.2. The molecule has 0 amide bonds. The van der Waals surface area contributed by atoms with Gasteiger partial charge in [0.05, 0.1) is 23.8 Å². The van der Waals surface area contributed by atoms with Gasteiger partial charge in [-0.2, -0.15) is 0 Å². The standard InChI is InChI=1S/C40H36O8P2/c1-3-47-37-23-15-31-25-29(7-5-27-9-17-33(18-10-27)49(41,42)43)13-21-35(31)39(37)40-36-22-14-30(26-32(36)16-24-38(40)48-4-2)8-6-28-11-19-34(20-12-28)50(44,45)46/h5-26H,3-4H2,1-2H3,(H2,41,42,43)(H2,44,45,46)/b7-5+,8-6+. The molecule has 4 N–H and O–H groups in total. The number of hydrogen-bond acceptors (Lipinski definition) is 4. The van der Waals surface area contributed by atoms with Crippen molar-refractivity contribution in [2.24, 2.45) is 0 Å². The molecule has 0 unspecified atom stereocenters. The molecule has 6 aromatic carbocycles. The summed E-state index contributed by atoms with van der Waals surface area (Å²) in [6.07, 6.45) is 7.74. The first-order valence-electron chi connectivity index (χ1n) is 16.0. The molecule has 0 aliphatic rings. The van der Waals surface area contributed by atoms with Crippen molar-refractivity contribution in [3.05, 3.63) is 131 Å². The lowest BCUT2D eigenvalue weighted by atomic mass is 9.91. The lowest BCUT2D eigenvalue weighted by Gasteiger charge is -2.19. The Morgan fingerprint density at radius 1 is 0.480 bits per heavy atom. The van der Waals surface area contributed by atoms with Crippen molar-refractivity contribution in [3.63, 3.8) is 0 Å². The Morgan fingerprint density at radius 3 is 1.16 bits per heavy atom. The molecule has 50 heavy (non-hydrogen) atoms. The Kier molecular flexibility index (Phi) is 10.2. The average molecular weight is 707 g/mol. The number of benzene rings is 6. The minimum Gasteiger partial charge on any atom is -0.493 e. The Bertz CT molecular complexity index is 2170. The molecular weight excluding hydrogens is 670 g/mol. The highest BCUT2D eigenvalue weighted by Crippen LogP contribution is 2.46. The lowest BCUT2D eigenvalue weighted by Crippen LogP contribution is -2.02. The quantitative estimate of drug-likeness (QED) is 0.0780. The van der Waals surface area contributed by atoms with Crippen LogP contribution in [0.4, 0.5) is 0 Å². The van der Waals surface area contributed by atoms with Crippen LogP contribution in [0.5, 0.6) is 11.5 Å². The molecule has 6 rings (SSSR count). The molecular formula is C40H36O8P2. The molecule has 0 bridgehead atoms. The fourth-order valence-electron chi connectivity index (χ4n) is 5.88. The number of ether oxygens (including phenoxy) is 2. The smallest absolute Gasteiger partial charge is 0.356 e. The van der Waals surface area contributed by atoms with Crippen LogP contribution in [0.3, 0.4) is 0 Å². The van der Waals surface area contributed by atoms with E-state index in [9.17, 15) is 28.7 Å². The van der Waals surface area contributed by atoms with Crippen molar-refractivity contribution >= 4 is 71.6 Å². The molecule has 8 nitrogen and oxygen atoms in total. The summed E-state index contributed by atoms with van der Waals surface area (Å²) in [6.45, 7) is 4.89. The molecule has 0 aliphatic carbocycles. The predicted molar refractivity (Wildman–Crippen MR) is 203 cm³/mol. The zero-order chi connectivity index (χ0) is 35.5. The first-order valence-corrected chi connectivity index (χ1v) is 19.2. The Labute approximate surface area is 290 Å². The zero-order valence-electron chi connectivity index (χ0n) is 27.4. The molecule has 0 aliphatic heterocycles. The third-order valence-electron chi connectivity index (χ3n) is 8.26. The predicted octanol–water partition coefficient (Wildman–Crippen LogP) is 8.40. The highest BCUT2D eigenvalue weighted by Gasteiger charge is 2.20. The average Bonchev–Trinajstić information content (AvgIpc) is 3.09. The van der Waals surface area contributed by atoms with Crippen LogP contribution in [-0.4, -0.2) is 32.8 Å². The molecule has 254 valence electrons. The molecule has 10 heteroatoms. The van der Waals surface area contributed by atoms with Gasteiger partial charge in [-0.25, -0.2) is 0 Å². The van der Waals surface area contributed by atoms with Crippen LogP contribution in [0.25, 0.3) is 57.0 Å². The third kappa shape index (κ3) is 7.83. The fraction of sp³-hybridized carbons (Fsp3) is 0.100. The van der Waals surface area contributed by atoms with Gasteiger partial charge in [0.15, 0.2) is 0 Å². The second-order valence-corrected chi connectivity index (χ2v) is 14.9. The first kappa shape index (κ1) is 35.1. The topological polar surface area (TPSA) is 134 Å². The summed E-state index contributed by atoms with van der Waals surface area (Å²) in [7, 11) is -8.59. The molecule has 0 radical (unpaired) electrons. The van der Waals surface area contributed by atoms with E-state index in [0.29, 0.717) is 13.2 Å². The highest BCUT2D eigenvalue weighted by atomic mass is 31.2. The summed E-state index contributed by atoms with van der Waals surface area (Å²) < 4.78 is 35.5. The largest absolute Gasteiger partial charge is 0.493 e. The van der Waals surface area contributed by atoms with Crippen molar-refractivity contribution in [3.8, 4) is 22.6 Å². The Hall–Kier alpha value is -4.78. The van der Waals surface area contributed by atoms with Gasteiger partial charge < -0.3 is 29.0 Å². The maximum Gasteiger partial charge on any atom is 0.356 e. The monoisotopic (exact) mass is 706 g/mol. The normalized spacial score (nSPS) is 12.4.